The summed E-state index contributed by atoms with van der Waals surface area (Å²) in [4.78, 5) is 6.86. The lowest BCUT2D eigenvalue weighted by Crippen LogP contribution is -2.37. The van der Waals surface area contributed by atoms with Crippen LogP contribution >= 0.6 is 12.2 Å². The Morgan fingerprint density at radius 1 is 1.59 bits per heavy atom. The van der Waals surface area contributed by atoms with E-state index in [1.807, 2.05) is 12.1 Å². The average molecular weight is 253 g/mol. The molecule has 94 valence electrons. The van der Waals surface area contributed by atoms with E-state index in [-0.39, 0.29) is 0 Å². The van der Waals surface area contributed by atoms with Gasteiger partial charge in [0.2, 0.25) is 5.88 Å². The number of ether oxygens (including phenoxy) is 1. The summed E-state index contributed by atoms with van der Waals surface area (Å²) >= 11 is 4.96. The van der Waals surface area contributed by atoms with Crippen LogP contribution in [0.15, 0.2) is 18.3 Å². The minimum Gasteiger partial charge on any atom is -0.481 e. The molecule has 17 heavy (non-hydrogen) atoms. The molecule has 0 aliphatic carbocycles. The highest BCUT2D eigenvalue weighted by atomic mass is 32.1. The van der Waals surface area contributed by atoms with Gasteiger partial charge in [-0.3, -0.25) is 4.90 Å². The molecule has 0 bridgehead atoms. The Morgan fingerprint density at radius 2 is 2.29 bits per heavy atom. The highest BCUT2D eigenvalue weighted by molar-refractivity contribution is 7.80. The van der Waals surface area contributed by atoms with Gasteiger partial charge in [-0.25, -0.2) is 4.98 Å². The predicted molar refractivity (Wildman–Crippen MR) is 73.1 cm³/mol. The van der Waals surface area contributed by atoms with Crippen molar-refractivity contribution in [3.05, 3.63) is 23.9 Å². The predicted octanol–water partition coefficient (Wildman–Crippen LogP) is 1.59. The maximum atomic E-state index is 5.60. The van der Waals surface area contributed by atoms with Gasteiger partial charge in [0.15, 0.2) is 0 Å². The van der Waals surface area contributed by atoms with Crippen molar-refractivity contribution in [3.8, 4) is 5.88 Å². The third-order valence-electron chi connectivity index (χ3n) is 2.51. The first-order valence-electron chi connectivity index (χ1n) is 5.54. The fourth-order valence-corrected chi connectivity index (χ4v) is 1.73. The van der Waals surface area contributed by atoms with Crippen molar-refractivity contribution in [1.29, 1.82) is 0 Å². The molecule has 0 fully saturated rings. The van der Waals surface area contributed by atoms with Gasteiger partial charge < -0.3 is 10.5 Å². The first-order valence-corrected chi connectivity index (χ1v) is 5.95. The van der Waals surface area contributed by atoms with E-state index >= 15 is 0 Å². The van der Waals surface area contributed by atoms with Gasteiger partial charge in [0, 0.05) is 30.9 Å². The molecule has 0 unspecified atom stereocenters. The Hall–Kier alpha value is -1.20. The van der Waals surface area contributed by atoms with Gasteiger partial charge in [-0.05, 0) is 19.9 Å². The molecule has 0 radical (unpaired) electrons. The largest absolute Gasteiger partial charge is 0.481 e. The Kier molecular flexibility index (Phi) is 5.31. The standard InChI is InChI=1S/C12H19N3OS/c1-9(2)15(8-11(13)17)7-10-5-4-6-14-12(10)16-3/h4-6,9H,7-8H2,1-3H3,(H2,13,17). The summed E-state index contributed by atoms with van der Waals surface area (Å²) in [6, 6.07) is 4.26. The minimum absolute atomic E-state index is 0.362. The van der Waals surface area contributed by atoms with E-state index in [0.29, 0.717) is 23.5 Å². The zero-order valence-corrected chi connectivity index (χ0v) is 11.3. The third-order valence-corrected chi connectivity index (χ3v) is 2.64. The zero-order valence-electron chi connectivity index (χ0n) is 10.5. The van der Waals surface area contributed by atoms with Crippen LogP contribution in [0.1, 0.15) is 19.4 Å². The lowest BCUT2D eigenvalue weighted by molar-refractivity contribution is 0.240. The second kappa shape index (κ2) is 6.51. The molecule has 0 spiro atoms. The van der Waals surface area contributed by atoms with E-state index in [1.54, 1.807) is 13.3 Å². The summed E-state index contributed by atoms with van der Waals surface area (Å²) in [7, 11) is 1.62. The van der Waals surface area contributed by atoms with Gasteiger partial charge in [0.1, 0.15) is 0 Å². The summed E-state index contributed by atoms with van der Waals surface area (Å²) in [6.07, 6.45) is 1.72. The summed E-state index contributed by atoms with van der Waals surface area (Å²) < 4.78 is 5.23. The van der Waals surface area contributed by atoms with Crippen molar-refractivity contribution in [2.45, 2.75) is 26.4 Å². The van der Waals surface area contributed by atoms with Crippen molar-refractivity contribution in [2.75, 3.05) is 13.7 Å². The second-order valence-electron chi connectivity index (χ2n) is 4.14. The smallest absolute Gasteiger partial charge is 0.217 e. The highest BCUT2D eigenvalue weighted by Crippen LogP contribution is 2.17. The molecule has 0 atom stereocenters. The number of nitrogens with zero attached hydrogens (tertiary/aromatic N) is 2. The van der Waals surface area contributed by atoms with E-state index in [2.05, 4.69) is 23.7 Å². The quantitative estimate of drug-likeness (QED) is 0.780. The first-order chi connectivity index (χ1) is 8.04. The van der Waals surface area contributed by atoms with Crippen molar-refractivity contribution in [2.24, 2.45) is 5.73 Å². The highest BCUT2D eigenvalue weighted by Gasteiger charge is 2.14. The summed E-state index contributed by atoms with van der Waals surface area (Å²) in [5, 5.41) is 0. The number of nitrogens with two attached hydrogens (primary N) is 1. The number of pyridine rings is 1. The molecular formula is C12H19N3OS. The maximum absolute atomic E-state index is 5.60. The summed E-state index contributed by atoms with van der Waals surface area (Å²) in [5.41, 5.74) is 6.64. The van der Waals surface area contributed by atoms with Gasteiger partial charge in [0.25, 0.3) is 0 Å². The molecule has 0 saturated heterocycles. The lowest BCUT2D eigenvalue weighted by Gasteiger charge is -2.26. The van der Waals surface area contributed by atoms with Crippen LogP contribution < -0.4 is 10.5 Å². The SMILES string of the molecule is COc1ncccc1CN(CC(N)=S)C(C)C. The topological polar surface area (TPSA) is 51.4 Å². The molecule has 0 aliphatic rings. The molecule has 4 nitrogen and oxygen atoms in total. The van der Waals surface area contributed by atoms with E-state index in [0.717, 1.165) is 12.1 Å². The molecule has 0 aromatic carbocycles. The van der Waals surface area contributed by atoms with E-state index in [4.69, 9.17) is 22.7 Å². The molecule has 0 amide bonds. The molecule has 0 aliphatic heterocycles. The fourth-order valence-electron chi connectivity index (χ4n) is 1.57. The van der Waals surface area contributed by atoms with Gasteiger partial charge >= 0.3 is 0 Å². The van der Waals surface area contributed by atoms with E-state index < -0.39 is 0 Å². The van der Waals surface area contributed by atoms with Crippen molar-refractivity contribution in [1.82, 2.24) is 9.88 Å². The van der Waals surface area contributed by atoms with Crippen LogP contribution in [0.25, 0.3) is 0 Å². The van der Waals surface area contributed by atoms with E-state index in [1.165, 1.54) is 0 Å². The van der Waals surface area contributed by atoms with Crippen LogP contribution in [0, 0.1) is 0 Å². The van der Waals surface area contributed by atoms with Gasteiger partial charge in [-0.2, -0.15) is 0 Å². The number of hydrogen-bond donors (Lipinski definition) is 1. The monoisotopic (exact) mass is 253 g/mol. The molecular weight excluding hydrogens is 234 g/mol. The van der Waals surface area contributed by atoms with Crippen LogP contribution in [-0.2, 0) is 6.54 Å². The fraction of sp³-hybridized carbons (Fsp3) is 0.500. The maximum Gasteiger partial charge on any atom is 0.217 e. The Balaban J connectivity index is 2.81. The van der Waals surface area contributed by atoms with Crippen molar-refractivity contribution >= 4 is 17.2 Å². The molecule has 0 saturated carbocycles. The molecule has 1 rings (SSSR count). The lowest BCUT2D eigenvalue weighted by atomic mass is 10.2. The Labute approximate surface area is 108 Å². The minimum atomic E-state index is 0.362. The van der Waals surface area contributed by atoms with Crippen molar-refractivity contribution < 1.29 is 4.74 Å². The van der Waals surface area contributed by atoms with Crippen LogP contribution in [-0.4, -0.2) is 34.6 Å². The van der Waals surface area contributed by atoms with Crippen LogP contribution in [0.3, 0.4) is 0 Å². The molecule has 1 aromatic heterocycles. The number of methoxy groups -OCH3 is 1. The second-order valence-corrected chi connectivity index (χ2v) is 4.66. The third kappa shape index (κ3) is 4.28. The number of aromatic nitrogens is 1. The number of rotatable bonds is 6. The van der Waals surface area contributed by atoms with E-state index in [9.17, 15) is 0 Å². The summed E-state index contributed by atoms with van der Waals surface area (Å²) in [6.45, 7) is 5.55. The molecule has 1 aromatic rings. The number of thiocarbonyl (C=S) groups is 1. The van der Waals surface area contributed by atoms with Crippen LogP contribution in [0.5, 0.6) is 5.88 Å². The van der Waals surface area contributed by atoms with Gasteiger partial charge in [0.05, 0.1) is 12.1 Å². The Morgan fingerprint density at radius 3 is 2.82 bits per heavy atom. The Bertz CT molecular complexity index is 382. The molecule has 1 heterocycles. The number of hydrogen-bond acceptors (Lipinski definition) is 4. The average Bonchev–Trinajstić information content (AvgIpc) is 2.28. The van der Waals surface area contributed by atoms with Gasteiger partial charge in [-0.15, -0.1) is 0 Å². The first kappa shape index (κ1) is 13.9. The zero-order chi connectivity index (χ0) is 12.8. The normalized spacial score (nSPS) is 10.9. The van der Waals surface area contributed by atoms with Crippen molar-refractivity contribution in [3.63, 3.8) is 0 Å². The van der Waals surface area contributed by atoms with Gasteiger partial charge in [-0.1, -0.05) is 18.3 Å². The molecule has 5 heteroatoms. The summed E-state index contributed by atoms with van der Waals surface area (Å²) in [5.74, 6) is 0.654. The molecule has 2 N–H and O–H groups in total. The van der Waals surface area contributed by atoms with Crippen LogP contribution in [0.4, 0.5) is 0 Å². The van der Waals surface area contributed by atoms with Crippen LogP contribution in [0.2, 0.25) is 0 Å².